The van der Waals surface area contributed by atoms with Crippen LogP contribution in [0.25, 0.3) is 5.76 Å². The molecule has 7 nitrogen and oxygen atoms in total. The van der Waals surface area contributed by atoms with Crippen molar-refractivity contribution in [2.75, 3.05) is 14.2 Å². The summed E-state index contributed by atoms with van der Waals surface area (Å²) in [6, 6.07) is 13.3. The van der Waals surface area contributed by atoms with E-state index in [4.69, 9.17) is 21.1 Å². The number of ketones is 1. The lowest BCUT2D eigenvalue weighted by molar-refractivity contribution is -0.140. The van der Waals surface area contributed by atoms with E-state index in [0.29, 0.717) is 11.1 Å². The molecular formula is C26H21ClFNO6. The maximum absolute atomic E-state index is 13.4. The molecule has 0 saturated carbocycles. The van der Waals surface area contributed by atoms with E-state index in [2.05, 4.69) is 0 Å². The number of amides is 1. The van der Waals surface area contributed by atoms with Gasteiger partial charge in [-0.15, -0.1) is 0 Å². The van der Waals surface area contributed by atoms with Gasteiger partial charge in [0.15, 0.2) is 0 Å². The summed E-state index contributed by atoms with van der Waals surface area (Å²) in [6.07, 6.45) is 0. The topological polar surface area (TPSA) is 96.3 Å². The second-order valence-electron chi connectivity index (χ2n) is 7.84. The smallest absolute Gasteiger partial charge is 0.295 e. The van der Waals surface area contributed by atoms with Crippen molar-refractivity contribution in [2.24, 2.45) is 0 Å². The number of aliphatic hydroxyl groups is 1. The molecule has 0 radical (unpaired) electrons. The Labute approximate surface area is 205 Å². The predicted octanol–water partition coefficient (Wildman–Crippen LogP) is 4.82. The number of aromatic hydroxyl groups is 1. The molecule has 3 aromatic carbocycles. The lowest BCUT2D eigenvalue weighted by Gasteiger charge is -2.25. The SMILES string of the molecule is COc1cc(/C(O)=C2\C(=O)C(=O)N(Cc3ccc(F)cc3)C2c2cccc(O)c2)c(OC)cc1Cl. The molecule has 0 spiro atoms. The zero-order valence-electron chi connectivity index (χ0n) is 18.8. The first-order chi connectivity index (χ1) is 16.7. The first kappa shape index (κ1) is 24.1. The Hall–Kier alpha value is -4.04. The Morgan fingerprint density at radius 3 is 2.34 bits per heavy atom. The third-order valence-corrected chi connectivity index (χ3v) is 6.02. The maximum atomic E-state index is 13.4. The molecule has 2 N–H and O–H groups in total. The number of likely N-dealkylation sites (tertiary alicyclic amines) is 1. The van der Waals surface area contributed by atoms with Crippen LogP contribution in [-0.4, -0.2) is 41.0 Å². The van der Waals surface area contributed by atoms with E-state index in [-0.39, 0.29) is 40.0 Å². The van der Waals surface area contributed by atoms with Crippen molar-refractivity contribution in [3.63, 3.8) is 0 Å². The van der Waals surface area contributed by atoms with Crippen LogP contribution in [0.15, 0.2) is 66.2 Å². The minimum absolute atomic E-state index is 0.0387. The fourth-order valence-corrected chi connectivity index (χ4v) is 4.29. The van der Waals surface area contributed by atoms with E-state index in [1.54, 1.807) is 12.1 Å². The van der Waals surface area contributed by atoms with Gasteiger partial charge in [-0.25, -0.2) is 4.39 Å². The Morgan fingerprint density at radius 1 is 1.03 bits per heavy atom. The van der Waals surface area contributed by atoms with Crippen LogP contribution in [0.5, 0.6) is 17.2 Å². The number of phenolic OH excluding ortho intramolecular Hbond substituents is 1. The number of carbonyl (C=O) groups is 2. The van der Waals surface area contributed by atoms with Gasteiger partial charge in [0.1, 0.15) is 28.8 Å². The Morgan fingerprint density at radius 2 is 1.71 bits per heavy atom. The molecule has 1 aliphatic heterocycles. The van der Waals surface area contributed by atoms with Gasteiger partial charge in [0, 0.05) is 12.6 Å². The van der Waals surface area contributed by atoms with E-state index in [1.807, 2.05) is 0 Å². The number of benzene rings is 3. The van der Waals surface area contributed by atoms with Gasteiger partial charge in [0.25, 0.3) is 11.7 Å². The summed E-state index contributed by atoms with van der Waals surface area (Å²) in [5, 5.41) is 21.6. The van der Waals surface area contributed by atoms with Crippen molar-refractivity contribution in [2.45, 2.75) is 12.6 Å². The summed E-state index contributed by atoms with van der Waals surface area (Å²) in [6.45, 7) is -0.0387. The molecule has 1 aliphatic rings. The third kappa shape index (κ3) is 4.52. The molecule has 9 heteroatoms. The average molecular weight is 498 g/mol. The fraction of sp³-hybridized carbons (Fsp3) is 0.154. The number of methoxy groups -OCH3 is 2. The summed E-state index contributed by atoms with van der Waals surface area (Å²) in [5.41, 5.74) is 0.862. The van der Waals surface area contributed by atoms with Crippen LogP contribution in [0.2, 0.25) is 5.02 Å². The quantitative estimate of drug-likeness (QED) is 0.288. The molecule has 1 amide bonds. The van der Waals surface area contributed by atoms with E-state index in [0.717, 1.165) is 0 Å². The molecule has 180 valence electrons. The zero-order valence-corrected chi connectivity index (χ0v) is 19.5. The molecule has 1 heterocycles. The number of carbonyl (C=O) groups excluding carboxylic acids is 2. The number of aliphatic hydroxyl groups excluding tert-OH is 1. The van der Waals surface area contributed by atoms with Crippen LogP contribution in [0, 0.1) is 5.82 Å². The summed E-state index contributed by atoms with van der Waals surface area (Å²) in [5.74, 6) is -2.41. The van der Waals surface area contributed by atoms with Crippen LogP contribution in [-0.2, 0) is 16.1 Å². The highest BCUT2D eigenvalue weighted by Crippen LogP contribution is 2.44. The number of nitrogens with zero attached hydrogens (tertiary/aromatic N) is 1. The van der Waals surface area contributed by atoms with E-state index in [9.17, 15) is 24.2 Å². The normalized spacial score (nSPS) is 17.0. The number of Topliss-reactive ketones (excluding diaryl/α,β-unsaturated/α-hetero) is 1. The molecule has 0 aliphatic carbocycles. The van der Waals surface area contributed by atoms with Gasteiger partial charge >= 0.3 is 0 Å². The molecule has 1 atom stereocenters. The monoisotopic (exact) mass is 497 g/mol. The van der Waals surface area contributed by atoms with Crippen molar-refractivity contribution in [3.8, 4) is 17.2 Å². The van der Waals surface area contributed by atoms with Crippen molar-refractivity contribution >= 4 is 29.1 Å². The number of ether oxygens (including phenoxy) is 2. The molecule has 3 aromatic rings. The van der Waals surface area contributed by atoms with Crippen LogP contribution >= 0.6 is 11.6 Å². The number of hydrogen-bond acceptors (Lipinski definition) is 6. The summed E-state index contributed by atoms with van der Waals surface area (Å²) < 4.78 is 24.0. The highest BCUT2D eigenvalue weighted by molar-refractivity contribution is 6.46. The summed E-state index contributed by atoms with van der Waals surface area (Å²) in [4.78, 5) is 27.6. The summed E-state index contributed by atoms with van der Waals surface area (Å²) in [7, 11) is 2.76. The highest BCUT2D eigenvalue weighted by atomic mass is 35.5. The molecule has 0 aromatic heterocycles. The second-order valence-corrected chi connectivity index (χ2v) is 8.24. The minimum Gasteiger partial charge on any atom is -0.508 e. The average Bonchev–Trinajstić information content (AvgIpc) is 3.09. The van der Waals surface area contributed by atoms with Crippen molar-refractivity contribution in [1.29, 1.82) is 0 Å². The Bertz CT molecular complexity index is 1340. The van der Waals surface area contributed by atoms with E-state index >= 15 is 0 Å². The lowest BCUT2D eigenvalue weighted by atomic mass is 9.94. The highest BCUT2D eigenvalue weighted by Gasteiger charge is 2.46. The number of hydrogen-bond donors (Lipinski definition) is 2. The van der Waals surface area contributed by atoms with Gasteiger partial charge in [-0.3, -0.25) is 9.59 Å². The number of rotatable bonds is 6. The molecule has 1 fully saturated rings. The van der Waals surface area contributed by atoms with Gasteiger partial charge in [-0.1, -0.05) is 35.9 Å². The first-order valence-corrected chi connectivity index (χ1v) is 10.9. The molecule has 1 unspecified atom stereocenters. The van der Waals surface area contributed by atoms with Gasteiger partial charge in [0.2, 0.25) is 0 Å². The molecule has 0 bridgehead atoms. The van der Waals surface area contributed by atoms with E-state index in [1.165, 1.54) is 67.7 Å². The molecular weight excluding hydrogens is 477 g/mol. The first-order valence-electron chi connectivity index (χ1n) is 10.5. The van der Waals surface area contributed by atoms with Crippen LogP contribution < -0.4 is 9.47 Å². The van der Waals surface area contributed by atoms with Crippen LogP contribution in [0.4, 0.5) is 4.39 Å². The van der Waals surface area contributed by atoms with Crippen LogP contribution in [0.1, 0.15) is 22.7 Å². The standard InChI is InChI=1S/C26H21ClFNO6/c1-34-20-12-19(27)21(35-2)11-18(20)24(31)22-23(15-4-3-5-17(30)10-15)29(26(33)25(22)32)13-14-6-8-16(28)9-7-14/h3-12,23,30-31H,13H2,1-2H3/b24-22+. The van der Waals surface area contributed by atoms with E-state index < -0.39 is 29.3 Å². The Kier molecular flexibility index (Phi) is 6.66. The predicted molar refractivity (Wildman–Crippen MR) is 127 cm³/mol. The fourth-order valence-electron chi connectivity index (χ4n) is 4.06. The number of halogens is 2. The zero-order chi connectivity index (χ0) is 25.3. The van der Waals surface area contributed by atoms with Gasteiger partial charge < -0.3 is 24.6 Å². The number of phenols is 1. The molecule has 4 rings (SSSR count). The van der Waals surface area contributed by atoms with Crippen molar-refractivity contribution in [1.82, 2.24) is 4.90 Å². The van der Waals surface area contributed by atoms with Crippen molar-refractivity contribution in [3.05, 3.63) is 93.8 Å². The third-order valence-electron chi connectivity index (χ3n) is 5.72. The lowest BCUT2D eigenvalue weighted by Crippen LogP contribution is -2.29. The second kappa shape index (κ2) is 9.68. The van der Waals surface area contributed by atoms with Crippen LogP contribution in [0.3, 0.4) is 0 Å². The molecule has 1 saturated heterocycles. The van der Waals surface area contributed by atoms with Gasteiger partial charge in [0.05, 0.1) is 36.4 Å². The van der Waals surface area contributed by atoms with Gasteiger partial charge in [-0.05, 0) is 41.5 Å². The molecule has 35 heavy (non-hydrogen) atoms. The minimum atomic E-state index is -1.04. The Balaban J connectivity index is 1.92. The largest absolute Gasteiger partial charge is 0.508 e. The van der Waals surface area contributed by atoms with Gasteiger partial charge in [-0.2, -0.15) is 0 Å². The van der Waals surface area contributed by atoms with Crippen molar-refractivity contribution < 1.29 is 33.7 Å². The maximum Gasteiger partial charge on any atom is 0.295 e. The summed E-state index contributed by atoms with van der Waals surface area (Å²) >= 11 is 6.18.